The zero-order valence-corrected chi connectivity index (χ0v) is 12.4. The van der Waals surface area contributed by atoms with Gasteiger partial charge in [-0.15, -0.1) is 0 Å². The lowest BCUT2D eigenvalue weighted by molar-refractivity contribution is 0.107. The average molecular weight is 289 g/mol. The molecule has 0 saturated carbocycles. The van der Waals surface area contributed by atoms with E-state index in [9.17, 15) is 4.79 Å². The van der Waals surface area contributed by atoms with Gasteiger partial charge in [0.2, 0.25) is 0 Å². The molecule has 0 unspecified atom stereocenters. The van der Waals surface area contributed by atoms with Crippen LogP contribution < -0.4 is 4.74 Å². The Labute approximate surface area is 124 Å². The van der Waals surface area contributed by atoms with Crippen LogP contribution in [0.15, 0.2) is 42.5 Å². The van der Waals surface area contributed by atoms with E-state index >= 15 is 0 Å². The van der Waals surface area contributed by atoms with E-state index in [1.807, 2.05) is 25.1 Å². The first-order valence-corrected chi connectivity index (χ1v) is 6.99. The van der Waals surface area contributed by atoms with Crippen molar-refractivity contribution in [3.8, 4) is 5.75 Å². The van der Waals surface area contributed by atoms with Gasteiger partial charge in [0, 0.05) is 11.1 Å². The van der Waals surface area contributed by atoms with Gasteiger partial charge in [-0.1, -0.05) is 37.3 Å². The number of benzene rings is 2. The third kappa shape index (κ3) is 3.40. The second-order valence-corrected chi connectivity index (χ2v) is 5.02. The molecule has 0 saturated heterocycles. The Kier molecular flexibility index (Phi) is 4.80. The number of rotatable bonds is 5. The second kappa shape index (κ2) is 6.58. The van der Waals surface area contributed by atoms with Gasteiger partial charge in [-0.25, -0.2) is 0 Å². The van der Waals surface area contributed by atoms with Gasteiger partial charge < -0.3 is 4.74 Å². The van der Waals surface area contributed by atoms with Crippen molar-refractivity contribution in [2.45, 2.75) is 26.9 Å². The molecule has 0 fully saturated rings. The monoisotopic (exact) mass is 288 g/mol. The van der Waals surface area contributed by atoms with E-state index in [4.69, 9.17) is 16.3 Å². The molecule has 0 aliphatic heterocycles. The molecular weight excluding hydrogens is 272 g/mol. The second-order valence-electron chi connectivity index (χ2n) is 4.67. The molecule has 0 heterocycles. The minimum absolute atomic E-state index is 0.334. The van der Waals surface area contributed by atoms with Crippen LogP contribution in [0.4, 0.5) is 0 Å². The van der Waals surface area contributed by atoms with E-state index in [1.165, 1.54) is 5.56 Å². The predicted molar refractivity (Wildman–Crippen MR) is 81.5 cm³/mol. The zero-order valence-electron chi connectivity index (χ0n) is 11.7. The lowest BCUT2D eigenvalue weighted by Crippen LogP contribution is -2.03. The maximum atomic E-state index is 11.3. The SMILES string of the molecule is CCc1ccc(OCc2ccccc2C(=O)Cl)c(C)c1. The molecule has 0 aliphatic rings. The van der Waals surface area contributed by atoms with E-state index in [0.717, 1.165) is 23.3 Å². The highest BCUT2D eigenvalue weighted by Gasteiger charge is 2.09. The third-order valence-corrected chi connectivity index (χ3v) is 3.46. The van der Waals surface area contributed by atoms with Crippen LogP contribution in [-0.4, -0.2) is 5.24 Å². The number of carbonyl (C=O) groups excluding carboxylic acids is 1. The highest BCUT2D eigenvalue weighted by molar-refractivity contribution is 6.67. The van der Waals surface area contributed by atoms with E-state index in [-0.39, 0.29) is 0 Å². The lowest BCUT2D eigenvalue weighted by Gasteiger charge is -2.11. The summed E-state index contributed by atoms with van der Waals surface area (Å²) in [6.07, 6.45) is 1.00. The Hall–Kier alpha value is -1.80. The van der Waals surface area contributed by atoms with Crippen molar-refractivity contribution >= 4 is 16.8 Å². The molecule has 0 radical (unpaired) electrons. The molecule has 2 aromatic rings. The van der Waals surface area contributed by atoms with Crippen LogP contribution in [0.5, 0.6) is 5.75 Å². The molecular formula is C17H17ClO2. The fraction of sp³-hybridized carbons (Fsp3) is 0.235. The van der Waals surface area contributed by atoms with Crippen molar-refractivity contribution in [1.82, 2.24) is 0 Å². The molecule has 0 bridgehead atoms. The Morgan fingerprint density at radius 2 is 1.95 bits per heavy atom. The highest BCUT2D eigenvalue weighted by atomic mass is 35.5. The van der Waals surface area contributed by atoms with Crippen LogP contribution in [-0.2, 0) is 13.0 Å². The maximum Gasteiger partial charge on any atom is 0.252 e. The van der Waals surface area contributed by atoms with Gasteiger partial charge in [-0.2, -0.15) is 0 Å². The summed E-state index contributed by atoms with van der Waals surface area (Å²) in [6.45, 7) is 4.48. The molecule has 2 nitrogen and oxygen atoms in total. The van der Waals surface area contributed by atoms with Gasteiger partial charge in [0.1, 0.15) is 12.4 Å². The number of halogens is 1. The molecule has 0 aromatic heterocycles. The Bertz CT molecular complexity index is 620. The summed E-state index contributed by atoms with van der Waals surface area (Å²) in [6, 6.07) is 13.4. The zero-order chi connectivity index (χ0) is 14.5. The molecule has 3 heteroatoms. The van der Waals surface area contributed by atoms with Crippen molar-refractivity contribution < 1.29 is 9.53 Å². The number of hydrogen-bond acceptors (Lipinski definition) is 2. The summed E-state index contributed by atoms with van der Waals surface area (Å²) < 4.78 is 5.80. The van der Waals surface area contributed by atoms with Crippen LogP contribution in [0.1, 0.15) is 34.0 Å². The Morgan fingerprint density at radius 1 is 1.20 bits per heavy atom. The van der Waals surface area contributed by atoms with Gasteiger partial charge in [0.05, 0.1) is 0 Å². The highest BCUT2D eigenvalue weighted by Crippen LogP contribution is 2.22. The Balaban J connectivity index is 2.15. The summed E-state index contributed by atoms with van der Waals surface area (Å²) in [4.78, 5) is 11.3. The molecule has 0 N–H and O–H groups in total. The van der Waals surface area contributed by atoms with Gasteiger partial charge in [-0.3, -0.25) is 4.79 Å². The standard InChI is InChI=1S/C17H17ClO2/c1-3-13-8-9-16(12(2)10-13)20-11-14-6-4-5-7-15(14)17(18)19/h4-10H,3,11H2,1-2H3. The lowest BCUT2D eigenvalue weighted by atomic mass is 10.1. The van der Waals surface area contributed by atoms with Crippen molar-refractivity contribution in [3.05, 3.63) is 64.7 Å². The first-order valence-electron chi connectivity index (χ1n) is 6.62. The van der Waals surface area contributed by atoms with E-state index < -0.39 is 5.24 Å². The van der Waals surface area contributed by atoms with Gasteiger partial charge in [0.15, 0.2) is 0 Å². The largest absolute Gasteiger partial charge is 0.489 e. The first-order chi connectivity index (χ1) is 9.61. The molecule has 0 atom stereocenters. The normalized spacial score (nSPS) is 10.3. The third-order valence-electron chi connectivity index (χ3n) is 3.26. The first kappa shape index (κ1) is 14.6. The minimum Gasteiger partial charge on any atom is -0.489 e. The summed E-state index contributed by atoms with van der Waals surface area (Å²) in [5, 5.41) is -0.456. The smallest absolute Gasteiger partial charge is 0.252 e. The van der Waals surface area contributed by atoms with Crippen LogP contribution >= 0.6 is 11.6 Å². The Morgan fingerprint density at radius 3 is 2.60 bits per heavy atom. The molecule has 0 aliphatic carbocycles. The van der Waals surface area contributed by atoms with Crippen molar-refractivity contribution in [1.29, 1.82) is 0 Å². The molecule has 0 amide bonds. The summed E-state index contributed by atoms with van der Waals surface area (Å²) in [5.74, 6) is 0.832. The van der Waals surface area contributed by atoms with Gasteiger partial charge in [-0.05, 0) is 48.2 Å². The number of hydrogen-bond donors (Lipinski definition) is 0. The van der Waals surface area contributed by atoms with Crippen molar-refractivity contribution in [3.63, 3.8) is 0 Å². The van der Waals surface area contributed by atoms with Crippen LogP contribution in [0.2, 0.25) is 0 Å². The minimum atomic E-state index is -0.456. The van der Waals surface area contributed by atoms with E-state index in [1.54, 1.807) is 12.1 Å². The maximum absolute atomic E-state index is 11.3. The van der Waals surface area contributed by atoms with Crippen molar-refractivity contribution in [2.24, 2.45) is 0 Å². The summed E-state index contributed by atoms with van der Waals surface area (Å²) in [7, 11) is 0. The molecule has 2 rings (SSSR count). The average Bonchev–Trinajstić information content (AvgIpc) is 2.46. The van der Waals surface area contributed by atoms with E-state index in [0.29, 0.717) is 12.2 Å². The molecule has 104 valence electrons. The quantitative estimate of drug-likeness (QED) is 0.756. The van der Waals surface area contributed by atoms with Crippen LogP contribution in [0.25, 0.3) is 0 Å². The number of ether oxygens (including phenoxy) is 1. The number of aryl methyl sites for hydroxylation is 2. The van der Waals surface area contributed by atoms with E-state index in [2.05, 4.69) is 19.1 Å². The topological polar surface area (TPSA) is 26.3 Å². The van der Waals surface area contributed by atoms with Gasteiger partial charge >= 0.3 is 0 Å². The van der Waals surface area contributed by atoms with Crippen LogP contribution in [0, 0.1) is 6.92 Å². The summed E-state index contributed by atoms with van der Waals surface area (Å²) >= 11 is 5.57. The molecule has 0 spiro atoms. The fourth-order valence-corrected chi connectivity index (χ4v) is 2.27. The number of carbonyl (C=O) groups is 1. The predicted octanol–water partition coefficient (Wildman–Crippen LogP) is 4.52. The summed E-state index contributed by atoms with van der Waals surface area (Å²) in [5.41, 5.74) is 3.67. The molecule has 2 aromatic carbocycles. The van der Waals surface area contributed by atoms with Crippen LogP contribution in [0.3, 0.4) is 0 Å². The van der Waals surface area contributed by atoms with Crippen molar-refractivity contribution in [2.75, 3.05) is 0 Å². The molecule has 20 heavy (non-hydrogen) atoms. The van der Waals surface area contributed by atoms with Gasteiger partial charge in [0.25, 0.3) is 5.24 Å². The fourth-order valence-electron chi connectivity index (χ4n) is 2.09.